The van der Waals surface area contributed by atoms with Crippen LogP contribution in [0.4, 0.5) is 5.82 Å². The summed E-state index contributed by atoms with van der Waals surface area (Å²) in [5, 5.41) is 6.31. The van der Waals surface area contributed by atoms with Crippen LogP contribution in [0.15, 0.2) is 28.3 Å². The van der Waals surface area contributed by atoms with E-state index in [0.29, 0.717) is 5.82 Å². The molecule has 0 unspecified atom stereocenters. The summed E-state index contributed by atoms with van der Waals surface area (Å²) in [4.78, 5) is 21.6. The predicted octanol–water partition coefficient (Wildman–Crippen LogP) is 0.195. The minimum atomic E-state index is -0.386. The fraction of sp³-hybridized carbons (Fsp3) is 0.273. The second-order valence-electron chi connectivity index (χ2n) is 3.58. The molecule has 0 radical (unpaired) electrons. The van der Waals surface area contributed by atoms with Crippen LogP contribution in [0, 0.1) is 0 Å². The summed E-state index contributed by atoms with van der Waals surface area (Å²) in [6.45, 7) is 0. The van der Waals surface area contributed by atoms with Gasteiger partial charge in [0.2, 0.25) is 0 Å². The monoisotopic (exact) mass is 248 g/mol. The Kier molecular flexibility index (Phi) is 5.30. The van der Waals surface area contributed by atoms with E-state index >= 15 is 0 Å². The molecule has 7 nitrogen and oxygen atoms in total. The van der Waals surface area contributed by atoms with Crippen molar-refractivity contribution in [3.63, 3.8) is 0 Å². The van der Waals surface area contributed by atoms with E-state index in [0.717, 1.165) is 0 Å². The van der Waals surface area contributed by atoms with Gasteiger partial charge in [-0.05, 0) is 12.1 Å². The van der Waals surface area contributed by atoms with Gasteiger partial charge in [0.25, 0.3) is 5.91 Å². The highest BCUT2D eigenvalue weighted by Crippen LogP contribution is 2.07. The molecule has 0 saturated heterocycles. The van der Waals surface area contributed by atoms with Gasteiger partial charge in [-0.25, -0.2) is 15.4 Å². The minimum Gasteiger partial charge on any atom is -0.378 e. The van der Waals surface area contributed by atoms with E-state index in [4.69, 9.17) is 0 Å². The summed E-state index contributed by atoms with van der Waals surface area (Å²) in [5.74, 6) is 0.0809. The Morgan fingerprint density at radius 3 is 2.89 bits per heavy atom. The van der Waals surface area contributed by atoms with Crippen LogP contribution >= 0.6 is 0 Å². The van der Waals surface area contributed by atoms with Crippen LogP contribution in [0.2, 0.25) is 0 Å². The zero-order valence-electron chi connectivity index (χ0n) is 10.6. The topological polar surface area (TPSA) is 82.0 Å². The lowest BCUT2D eigenvalue weighted by molar-refractivity contribution is 0.0950. The Labute approximate surface area is 106 Å². The largest absolute Gasteiger partial charge is 0.378 e. The number of aromatic nitrogens is 1. The molecule has 0 aliphatic heterocycles. The highest BCUT2D eigenvalue weighted by atomic mass is 16.2. The smallest absolute Gasteiger partial charge is 0.290 e. The number of carbonyl (C=O) groups is 1. The molecule has 2 N–H and O–H groups in total. The molecule has 7 heteroatoms. The van der Waals surface area contributed by atoms with E-state index in [1.54, 1.807) is 36.5 Å². The fourth-order valence-electron chi connectivity index (χ4n) is 1.01. The van der Waals surface area contributed by atoms with Gasteiger partial charge in [-0.1, -0.05) is 6.07 Å². The van der Waals surface area contributed by atoms with Crippen LogP contribution < -0.4 is 10.7 Å². The maximum atomic E-state index is 11.6. The molecule has 0 aliphatic rings. The first kappa shape index (κ1) is 13.6. The molecule has 0 saturated carbocycles. The molecule has 0 fully saturated rings. The average molecular weight is 248 g/mol. The van der Waals surface area contributed by atoms with Crippen molar-refractivity contribution >= 4 is 24.4 Å². The number of nitrogens with one attached hydrogen (secondary N) is 2. The van der Waals surface area contributed by atoms with Crippen molar-refractivity contribution in [3.05, 3.63) is 23.9 Å². The molecule has 0 spiro atoms. The van der Waals surface area contributed by atoms with Gasteiger partial charge < -0.3 is 10.2 Å². The van der Waals surface area contributed by atoms with Gasteiger partial charge in [-0.2, -0.15) is 5.10 Å². The van der Waals surface area contributed by atoms with Gasteiger partial charge in [0.1, 0.15) is 12.0 Å². The Morgan fingerprint density at radius 2 is 2.22 bits per heavy atom. The van der Waals surface area contributed by atoms with Crippen LogP contribution in [0.3, 0.4) is 0 Å². The van der Waals surface area contributed by atoms with Gasteiger partial charge >= 0.3 is 0 Å². The zero-order valence-corrected chi connectivity index (χ0v) is 10.6. The molecule has 0 aromatic carbocycles. The molecule has 1 rings (SSSR count). The van der Waals surface area contributed by atoms with Crippen molar-refractivity contribution in [2.24, 2.45) is 10.1 Å². The van der Waals surface area contributed by atoms with Crippen molar-refractivity contribution in [1.82, 2.24) is 20.6 Å². The third-order valence-corrected chi connectivity index (χ3v) is 1.75. The lowest BCUT2D eigenvalue weighted by Crippen LogP contribution is -2.20. The number of aliphatic imine (C=N–C) groups is 1. The summed E-state index contributed by atoms with van der Waals surface area (Å²) in [5.41, 5.74) is 2.60. The van der Waals surface area contributed by atoms with Crippen molar-refractivity contribution in [2.45, 2.75) is 0 Å². The number of hydrogen-bond donors (Lipinski definition) is 2. The summed E-state index contributed by atoms with van der Waals surface area (Å²) < 4.78 is 0. The third kappa shape index (κ3) is 4.60. The molecule has 1 amide bonds. The van der Waals surface area contributed by atoms with E-state index < -0.39 is 0 Å². The zero-order chi connectivity index (χ0) is 13.4. The van der Waals surface area contributed by atoms with Gasteiger partial charge in [0, 0.05) is 21.1 Å². The second kappa shape index (κ2) is 7.00. The van der Waals surface area contributed by atoms with E-state index in [9.17, 15) is 4.79 Å². The maximum absolute atomic E-state index is 11.6. The molecular formula is C11H16N6O. The first-order valence-corrected chi connectivity index (χ1v) is 5.30. The Morgan fingerprint density at radius 1 is 1.44 bits per heavy atom. The van der Waals surface area contributed by atoms with Crippen LogP contribution in [0.5, 0.6) is 0 Å². The second-order valence-corrected chi connectivity index (χ2v) is 3.58. The number of hydrazone groups is 1. The average Bonchev–Trinajstić information content (AvgIpc) is 2.37. The van der Waals surface area contributed by atoms with Crippen LogP contribution in [0.1, 0.15) is 10.5 Å². The number of nitrogens with zero attached hydrogens (tertiary/aromatic N) is 4. The quantitative estimate of drug-likeness (QED) is 0.443. The van der Waals surface area contributed by atoms with Crippen LogP contribution in [0.25, 0.3) is 0 Å². The highest BCUT2D eigenvalue weighted by Gasteiger charge is 2.05. The molecule has 96 valence electrons. The lowest BCUT2D eigenvalue weighted by atomic mass is 10.3. The van der Waals surface area contributed by atoms with E-state index in [1.807, 2.05) is 14.1 Å². The number of pyridine rings is 1. The number of rotatable bonds is 5. The van der Waals surface area contributed by atoms with E-state index in [2.05, 4.69) is 25.8 Å². The first-order valence-electron chi connectivity index (χ1n) is 5.30. The third-order valence-electron chi connectivity index (χ3n) is 1.75. The SMILES string of the molecule is CN/C=N/NC(=O)c1cccc(/N=C/N(C)C)n1. The summed E-state index contributed by atoms with van der Waals surface area (Å²) >= 11 is 0. The fourth-order valence-corrected chi connectivity index (χ4v) is 1.01. The van der Waals surface area contributed by atoms with Crippen molar-refractivity contribution < 1.29 is 4.79 Å². The Bertz CT molecular complexity index is 455. The van der Waals surface area contributed by atoms with Gasteiger partial charge in [-0.15, -0.1) is 0 Å². The Balaban J connectivity index is 2.75. The van der Waals surface area contributed by atoms with Crippen molar-refractivity contribution in [3.8, 4) is 0 Å². The first-order chi connectivity index (χ1) is 8.63. The maximum Gasteiger partial charge on any atom is 0.290 e. The number of carbonyl (C=O) groups excluding carboxylic acids is 1. The molecule has 0 atom stereocenters. The van der Waals surface area contributed by atoms with Gasteiger partial charge in [-0.3, -0.25) is 4.79 Å². The molecule has 1 aromatic rings. The van der Waals surface area contributed by atoms with Crippen molar-refractivity contribution in [1.29, 1.82) is 0 Å². The molecule has 0 aliphatic carbocycles. The summed E-state index contributed by atoms with van der Waals surface area (Å²) in [7, 11) is 5.39. The minimum absolute atomic E-state index is 0.261. The summed E-state index contributed by atoms with van der Waals surface area (Å²) in [6, 6.07) is 5.03. The number of hydrogen-bond acceptors (Lipinski definition) is 4. The predicted molar refractivity (Wildman–Crippen MR) is 71.1 cm³/mol. The van der Waals surface area contributed by atoms with Gasteiger partial charge in [0.15, 0.2) is 5.82 Å². The van der Waals surface area contributed by atoms with E-state index in [1.165, 1.54) is 6.34 Å². The highest BCUT2D eigenvalue weighted by molar-refractivity contribution is 5.92. The lowest BCUT2D eigenvalue weighted by Gasteiger charge is -2.03. The van der Waals surface area contributed by atoms with E-state index in [-0.39, 0.29) is 11.6 Å². The summed E-state index contributed by atoms with van der Waals surface area (Å²) in [6.07, 6.45) is 2.98. The normalized spacial score (nSPS) is 10.8. The molecule has 1 aromatic heterocycles. The molecule has 18 heavy (non-hydrogen) atoms. The van der Waals surface area contributed by atoms with Crippen LogP contribution in [-0.2, 0) is 0 Å². The van der Waals surface area contributed by atoms with Crippen LogP contribution in [-0.4, -0.2) is 49.6 Å². The molecular weight excluding hydrogens is 232 g/mol. The van der Waals surface area contributed by atoms with Crippen molar-refractivity contribution in [2.75, 3.05) is 21.1 Å². The molecule has 1 heterocycles. The number of amides is 1. The molecule has 0 bridgehead atoms. The van der Waals surface area contributed by atoms with Gasteiger partial charge in [0.05, 0.1) is 6.34 Å². The standard InChI is InChI=1S/C11H16N6O/c1-12-7-14-16-11(18)9-5-4-6-10(15-9)13-8-17(2)3/h4-8H,1-3H3,(H,12,14)(H,16,18)/b13-8+. The Hall–Kier alpha value is -2.44.